The van der Waals surface area contributed by atoms with Crippen LogP contribution in [0.2, 0.25) is 0 Å². The Labute approximate surface area is 281 Å². The third kappa shape index (κ3) is 7.90. The molecule has 0 spiro atoms. The van der Waals surface area contributed by atoms with Gasteiger partial charge in [-0.15, -0.1) is 0 Å². The fourth-order valence-electron chi connectivity index (χ4n) is 8.27. The summed E-state index contributed by atoms with van der Waals surface area (Å²) in [6, 6.07) is 3.23. The number of primary amides is 1. The van der Waals surface area contributed by atoms with Crippen LogP contribution in [0.15, 0.2) is 29.4 Å². The summed E-state index contributed by atoms with van der Waals surface area (Å²) < 4.78 is 13.3. The highest BCUT2D eigenvalue weighted by Gasteiger charge is 2.67. The number of nitrogens with zero attached hydrogens (tertiary/aromatic N) is 2. The lowest BCUT2D eigenvalue weighted by atomic mass is 9.80. The molecule has 4 fully saturated rings. The number of piperidine rings is 1. The first-order chi connectivity index (χ1) is 22.1. The van der Waals surface area contributed by atoms with Crippen molar-refractivity contribution in [2.24, 2.45) is 34.3 Å². The van der Waals surface area contributed by atoms with Gasteiger partial charge >= 0.3 is 6.03 Å². The second-order valence-corrected chi connectivity index (χ2v) is 17.5. The normalized spacial score (nSPS) is 26.7. The summed E-state index contributed by atoms with van der Waals surface area (Å²) in [7, 11) is -1.39. The smallest absolute Gasteiger partial charge is 0.315 e. The van der Waals surface area contributed by atoms with Crippen LogP contribution in [0, 0.1) is 28.6 Å². The predicted molar refractivity (Wildman–Crippen MR) is 180 cm³/mol. The van der Waals surface area contributed by atoms with Crippen LogP contribution in [0.25, 0.3) is 0 Å². The lowest BCUT2D eigenvalue weighted by Gasteiger charge is -2.41. The van der Waals surface area contributed by atoms with Gasteiger partial charge in [0, 0.05) is 25.3 Å². The first-order valence-corrected chi connectivity index (χ1v) is 18.7. The molecule has 3 unspecified atom stereocenters. The first kappa shape index (κ1) is 35.4. The van der Waals surface area contributed by atoms with Crippen LogP contribution >= 0.6 is 0 Å². The highest BCUT2D eigenvalue weighted by Crippen LogP contribution is 2.64. The summed E-state index contributed by atoms with van der Waals surface area (Å²) in [4.78, 5) is 59.0. The van der Waals surface area contributed by atoms with Crippen LogP contribution in [0.4, 0.5) is 4.79 Å². The SMILES string of the molecule is CC(C)(C)[C@H](NC(=O)NC1(CS(=O)c2ccccn2)CCCCC1)C(=O)N1CC2[C@H]([C@H]1CNC(CC1CCC1)C(=O)C(N)=O)C2(C)C. The predicted octanol–water partition coefficient (Wildman–Crippen LogP) is 3.29. The summed E-state index contributed by atoms with van der Waals surface area (Å²) in [5, 5.41) is 10.1. The van der Waals surface area contributed by atoms with Gasteiger partial charge in [0.2, 0.25) is 11.7 Å². The molecule has 6 atom stereocenters. The van der Waals surface area contributed by atoms with Crippen LogP contribution in [0.3, 0.4) is 0 Å². The van der Waals surface area contributed by atoms with Gasteiger partial charge < -0.3 is 26.6 Å². The number of hydrogen-bond acceptors (Lipinski definition) is 7. The Kier molecular flexibility index (Phi) is 10.5. The number of aromatic nitrogens is 1. The van der Waals surface area contributed by atoms with Crippen molar-refractivity contribution in [3.63, 3.8) is 0 Å². The number of Topliss-reactive ketones (excluding diaryl/α,β-unsaturated/α-hetero) is 1. The Hall–Kier alpha value is -2.86. The minimum Gasteiger partial charge on any atom is -0.363 e. The third-order valence-electron chi connectivity index (χ3n) is 11.4. The van der Waals surface area contributed by atoms with E-state index in [0.29, 0.717) is 49.2 Å². The largest absolute Gasteiger partial charge is 0.363 e. The minimum atomic E-state index is -1.39. The molecule has 1 aliphatic heterocycles. The first-order valence-electron chi connectivity index (χ1n) is 17.4. The molecule has 0 aromatic carbocycles. The van der Waals surface area contributed by atoms with E-state index < -0.39 is 51.6 Å². The molecule has 2 heterocycles. The van der Waals surface area contributed by atoms with Gasteiger partial charge in [0.25, 0.3) is 5.91 Å². The highest BCUT2D eigenvalue weighted by atomic mass is 32.2. The van der Waals surface area contributed by atoms with E-state index in [4.69, 9.17) is 5.73 Å². The molecule has 12 heteroatoms. The molecule has 4 aliphatic rings. The number of ketones is 1. The average Bonchev–Trinajstić information content (AvgIpc) is 3.30. The van der Waals surface area contributed by atoms with Gasteiger partial charge in [-0.2, -0.15) is 0 Å². The standard InChI is InChI=1S/C35H54N6O5S/c1-33(2,3)29(39-32(45)40-35(15-8-6-9-16-35)21-47(46)26-14-7-10-17-37-26)31(44)41-20-23-27(34(23,4)5)25(41)19-38-24(28(42)30(36)43)18-22-12-11-13-22/h7,10,14,17,22-25,27,29,38H,6,8-9,11-13,15-16,18-21H2,1-5H3,(H2,36,43)(H2,39,40,45)/t23?,24?,25-,27-,29-,47?/m1/s1. The van der Waals surface area contributed by atoms with Crippen molar-refractivity contribution in [3.8, 4) is 0 Å². The molecule has 1 aromatic heterocycles. The highest BCUT2D eigenvalue weighted by molar-refractivity contribution is 7.85. The van der Waals surface area contributed by atoms with E-state index in [9.17, 15) is 23.4 Å². The number of nitrogens with two attached hydrogens (primary N) is 1. The summed E-state index contributed by atoms with van der Waals surface area (Å²) in [6.45, 7) is 11.2. The van der Waals surface area contributed by atoms with E-state index >= 15 is 0 Å². The van der Waals surface area contributed by atoms with Crippen molar-refractivity contribution in [1.29, 1.82) is 0 Å². The average molecular weight is 671 g/mol. The number of fused-ring (bicyclic) bond motifs is 1. The Morgan fingerprint density at radius 2 is 1.79 bits per heavy atom. The molecule has 0 bridgehead atoms. The number of amides is 4. The zero-order chi connectivity index (χ0) is 34.1. The van der Waals surface area contributed by atoms with Crippen molar-refractivity contribution in [1.82, 2.24) is 25.8 Å². The van der Waals surface area contributed by atoms with Crippen molar-refractivity contribution < 1.29 is 23.4 Å². The molecule has 47 heavy (non-hydrogen) atoms. The van der Waals surface area contributed by atoms with Crippen molar-refractivity contribution >= 4 is 34.4 Å². The van der Waals surface area contributed by atoms with Gasteiger partial charge in [0.15, 0.2) is 0 Å². The molecular weight excluding hydrogens is 616 g/mol. The number of nitrogens with one attached hydrogen (secondary N) is 3. The maximum Gasteiger partial charge on any atom is 0.315 e. The maximum absolute atomic E-state index is 14.4. The van der Waals surface area contributed by atoms with Crippen LogP contribution in [0.5, 0.6) is 0 Å². The monoisotopic (exact) mass is 670 g/mol. The second kappa shape index (κ2) is 13.9. The van der Waals surface area contributed by atoms with E-state index in [1.54, 1.807) is 18.3 Å². The maximum atomic E-state index is 14.4. The summed E-state index contributed by atoms with van der Waals surface area (Å²) in [5.74, 6) is -0.488. The van der Waals surface area contributed by atoms with E-state index in [1.165, 1.54) is 0 Å². The Balaban J connectivity index is 1.30. The molecule has 1 saturated heterocycles. The topological polar surface area (TPSA) is 164 Å². The summed E-state index contributed by atoms with van der Waals surface area (Å²) in [6.07, 6.45) is 9.70. The van der Waals surface area contributed by atoms with Crippen molar-refractivity contribution in [2.75, 3.05) is 18.8 Å². The number of carbonyl (C=O) groups excluding carboxylic acids is 4. The van der Waals surface area contributed by atoms with Crippen LogP contribution in [-0.4, -0.2) is 80.2 Å². The number of likely N-dealkylation sites (tertiary alicyclic amines) is 1. The molecule has 3 saturated carbocycles. The number of pyridine rings is 1. The number of carbonyl (C=O) groups is 4. The Morgan fingerprint density at radius 1 is 1.09 bits per heavy atom. The Bertz CT molecular complexity index is 1350. The van der Waals surface area contributed by atoms with Gasteiger partial charge in [-0.1, -0.05) is 79.2 Å². The minimum absolute atomic E-state index is 0.0545. The summed E-state index contributed by atoms with van der Waals surface area (Å²) in [5.41, 5.74) is 4.21. The van der Waals surface area contributed by atoms with Gasteiger partial charge in [-0.05, 0) is 60.0 Å². The molecule has 4 amide bonds. The van der Waals surface area contributed by atoms with Crippen molar-refractivity contribution in [3.05, 3.63) is 24.4 Å². The number of urea groups is 1. The molecule has 0 radical (unpaired) electrons. The molecular formula is C35H54N6O5S. The van der Waals surface area contributed by atoms with Gasteiger partial charge in [-0.25, -0.2) is 9.78 Å². The molecule has 11 nitrogen and oxygen atoms in total. The van der Waals surface area contributed by atoms with E-state index in [1.807, 2.05) is 31.7 Å². The third-order valence-corrected chi connectivity index (χ3v) is 12.9. The Morgan fingerprint density at radius 3 is 2.36 bits per heavy atom. The van der Waals surface area contributed by atoms with Crippen LogP contribution < -0.4 is 21.7 Å². The molecule has 5 N–H and O–H groups in total. The van der Waals surface area contributed by atoms with Gasteiger partial charge in [-0.3, -0.25) is 18.6 Å². The van der Waals surface area contributed by atoms with E-state index in [-0.39, 0.29) is 29.0 Å². The number of rotatable bonds is 13. The zero-order valence-corrected chi connectivity index (χ0v) is 29.5. The van der Waals surface area contributed by atoms with Crippen molar-refractivity contribution in [2.45, 2.75) is 121 Å². The van der Waals surface area contributed by atoms with E-state index in [0.717, 1.165) is 38.5 Å². The van der Waals surface area contributed by atoms with Gasteiger partial charge in [0.05, 0.1) is 28.1 Å². The lowest BCUT2D eigenvalue weighted by molar-refractivity contribution is -0.138. The molecule has 5 rings (SSSR count). The van der Waals surface area contributed by atoms with Crippen LogP contribution in [0.1, 0.15) is 92.4 Å². The van der Waals surface area contributed by atoms with Crippen LogP contribution in [-0.2, 0) is 25.2 Å². The molecule has 1 aromatic rings. The molecule has 260 valence electrons. The van der Waals surface area contributed by atoms with E-state index in [2.05, 4.69) is 34.8 Å². The zero-order valence-electron chi connectivity index (χ0n) is 28.7. The fourth-order valence-corrected chi connectivity index (χ4v) is 9.69. The fraction of sp³-hybridized carbons (Fsp3) is 0.743. The quantitative estimate of drug-likeness (QED) is 0.234. The summed E-state index contributed by atoms with van der Waals surface area (Å²) >= 11 is 0. The second-order valence-electron chi connectivity index (χ2n) is 16.1. The molecule has 3 aliphatic carbocycles. The van der Waals surface area contributed by atoms with Gasteiger partial charge in [0.1, 0.15) is 11.1 Å². The lowest BCUT2D eigenvalue weighted by Crippen LogP contribution is -2.63. The number of hydrogen-bond donors (Lipinski definition) is 4.